The van der Waals surface area contributed by atoms with Crippen molar-refractivity contribution in [1.29, 1.82) is 0 Å². The lowest BCUT2D eigenvalue weighted by Gasteiger charge is -2.12. The van der Waals surface area contributed by atoms with Gasteiger partial charge in [0.05, 0.1) is 13.7 Å². The van der Waals surface area contributed by atoms with Crippen molar-refractivity contribution in [3.63, 3.8) is 0 Å². The Morgan fingerprint density at radius 1 is 1.27 bits per heavy atom. The second-order valence-corrected chi connectivity index (χ2v) is 7.30. The summed E-state index contributed by atoms with van der Waals surface area (Å²) in [6.07, 6.45) is 0.881. The monoisotopic (exact) mass is 368 g/mol. The maximum absolute atomic E-state index is 12.5. The number of methoxy groups -OCH3 is 1. The highest BCUT2D eigenvalue weighted by atomic mass is 32.1. The van der Waals surface area contributed by atoms with Crippen LogP contribution in [0.25, 0.3) is 10.4 Å². The van der Waals surface area contributed by atoms with Crippen molar-refractivity contribution in [1.82, 2.24) is 20.8 Å². The number of aromatic amines is 1. The first-order chi connectivity index (χ1) is 12.7. The maximum Gasteiger partial charge on any atom is 0.272 e. The van der Waals surface area contributed by atoms with E-state index in [1.54, 1.807) is 18.4 Å². The van der Waals surface area contributed by atoms with Gasteiger partial charge in [-0.25, -0.2) is 0 Å². The predicted molar refractivity (Wildman–Crippen MR) is 101 cm³/mol. The highest BCUT2D eigenvalue weighted by molar-refractivity contribution is 7.15. The minimum atomic E-state index is -0.134. The molecule has 134 valence electrons. The number of H-pyrrole nitrogens is 1. The zero-order valence-electron chi connectivity index (χ0n) is 14.5. The van der Waals surface area contributed by atoms with Gasteiger partial charge in [0.1, 0.15) is 5.75 Å². The van der Waals surface area contributed by atoms with Crippen LogP contribution in [-0.4, -0.2) is 29.8 Å². The van der Waals surface area contributed by atoms with Crippen molar-refractivity contribution >= 4 is 17.2 Å². The number of nitrogens with zero attached hydrogens (tertiary/aromatic N) is 1. The van der Waals surface area contributed by atoms with Crippen LogP contribution in [0.5, 0.6) is 5.75 Å². The number of hydrogen-bond donors (Lipinski definition) is 3. The molecule has 6 nitrogen and oxygen atoms in total. The molecule has 0 fully saturated rings. The van der Waals surface area contributed by atoms with Gasteiger partial charge in [0.15, 0.2) is 5.69 Å². The van der Waals surface area contributed by atoms with Gasteiger partial charge in [-0.05, 0) is 42.0 Å². The van der Waals surface area contributed by atoms with Gasteiger partial charge in [0.2, 0.25) is 0 Å². The van der Waals surface area contributed by atoms with Crippen molar-refractivity contribution in [2.45, 2.75) is 19.5 Å². The Bertz CT molecular complexity index is 914. The third kappa shape index (κ3) is 3.36. The number of carbonyl (C=O) groups is 1. The third-order valence-corrected chi connectivity index (χ3v) is 5.62. The lowest BCUT2D eigenvalue weighted by atomic mass is 10.1. The zero-order valence-corrected chi connectivity index (χ0v) is 15.3. The molecule has 0 aliphatic carbocycles. The van der Waals surface area contributed by atoms with Gasteiger partial charge in [-0.1, -0.05) is 0 Å². The fourth-order valence-electron chi connectivity index (χ4n) is 3.05. The molecular formula is C19H20N4O2S. The minimum absolute atomic E-state index is 0.134. The van der Waals surface area contributed by atoms with Gasteiger partial charge >= 0.3 is 0 Å². The Balaban J connectivity index is 1.41. The molecule has 3 heterocycles. The number of amides is 1. The molecule has 1 aliphatic heterocycles. The van der Waals surface area contributed by atoms with E-state index in [0.717, 1.165) is 40.4 Å². The van der Waals surface area contributed by atoms with E-state index in [4.69, 9.17) is 4.74 Å². The highest BCUT2D eigenvalue weighted by Crippen LogP contribution is 2.29. The summed E-state index contributed by atoms with van der Waals surface area (Å²) in [5.41, 5.74) is 3.69. The molecule has 0 saturated carbocycles. The molecule has 0 bridgehead atoms. The van der Waals surface area contributed by atoms with E-state index in [-0.39, 0.29) is 5.91 Å². The van der Waals surface area contributed by atoms with Gasteiger partial charge in [-0.3, -0.25) is 9.89 Å². The molecule has 7 heteroatoms. The van der Waals surface area contributed by atoms with Gasteiger partial charge < -0.3 is 15.4 Å². The number of fused-ring (bicyclic) bond motifs is 1. The molecule has 0 atom stereocenters. The summed E-state index contributed by atoms with van der Waals surface area (Å²) in [5.74, 6) is 0.709. The van der Waals surface area contributed by atoms with E-state index in [1.165, 1.54) is 4.88 Å². The number of nitrogens with one attached hydrogen (secondary N) is 3. The van der Waals surface area contributed by atoms with Gasteiger partial charge in [-0.2, -0.15) is 5.10 Å². The van der Waals surface area contributed by atoms with Gasteiger partial charge in [0, 0.05) is 40.5 Å². The Kier molecular flexibility index (Phi) is 4.73. The number of aromatic nitrogens is 2. The first kappa shape index (κ1) is 16.8. The number of ether oxygens (including phenoxy) is 1. The SMILES string of the molecule is COc1ccc(-c2ccc(CNC(=O)c3n[nH]c4c3CNCC4)s2)cc1. The molecular weight excluding hydrogens is 348 g/mol. The molecule has 1 aromatic carbocycles. The number of benzene rings is 1. The molecule has 0 radical (unpaired) electrons. The number of rotatable bonds is 5. The van der Waals surface area contributed by atoms with Gasteiger partial charge in [0.25, 0.3) is 5.91 Å². The molecule has 2 aromatic heterocycles. The zero-order chi connectivity index (χ0) is 17.9. The summed E-state index contributed by atoms with van der Waals surface area (Å²) in [7, 11) is 1.66. The quantitative estimate of drug-likeness (QED) is 0.647. The molecule has 4 rings (SSSR count). The van der Waals surface area contributed by atoms with Gasteiger partial charge in [-0.15, -0.1) is 11.3 Å². The number of thiophene rings is 1. The van der Waals surface area contributed by atoms with E-state index in [9.17, 15) is 4.79 Å². The number of hydrogen-bond acceptors (Lipinski definition) is 5. The smallest absolute Gasteiger partial charge is 0.272 e. The van der Waals surface area contributed by atoms with E-state index in [2.05, 4.69) is 26.9 Å². The molecule has 0 saturated heterocycles. The summed E-state index contributed by atoms with van der Waals surface area (Å²) in [6.45, 7) is 2.10. The summed E-state index contributed by atoms with van der Waals surface area (Å²) >= 11 is 1.67. The number of carbonyl (C=O) groups excluding carboxylic acids is 1. The van der Waals surface area contributed by atoms with Crippen LogP contribution in [0.15, 0.2) is 36.4 Å². The molecule has 1 aliphatic rings. The second kappa shape index (κ2) is 7.31. The maximum atomic E-state index is 12.5. The Morgan fingerprint density at radius 2 is 2.12 bits per heavy atom. The average molecular weight is 368 g/mol. The largest absolute Gasteiger partial charge is 0.497 e. The van der Waals surface area contributed by atoms with Crippen LogP contribution in [0.1, 0.15) is 26.6 Å². The van der Waals surface area contributed by atoms with E-state index in [1.807, 2.05) is 30.3 Å². The molecule has 3 aromatic rings. The van der Waals surface area contributed by atoms with E-state index in [0.29, 0.717) is 18.8 Å². The Hall–Kier alpha value is -2.64. The predicted octanol–water partition coefficient (Wildman–Crippen LogP) is 2.72. The first-order valence-electron chi connectivity index (χ1n) is 8.53. The average Bonchev–Trinajstić information content (AvgIpc) is 3.33. The fraction of sp³-hybridized carbons (Fsp3) is 0.263. The van der Waals surface area contributed by atoms with Crippen LogP contribution in [-0.2, 0) is 19.5 Å². The first-order valence-corrected chi connectivity index (χ1v) is 9.34. The summed E-state index contributed by atoms with van der Waals surface area (Å²) in [5, 5.41) is 13.4. The second-order valence-electron chi connectivity index (χ2n) is 6.13. The van der Waals surface area contributed by atoms with Crippen LogP contribution in [0.3, 0.4) is 0 Å². The summed E-state index contributed by atoms with van der Waals surface area (Å²) in [6, 6.07) is 12.1. The van der Waals surface area contributed by atoms with Crippen LogP contribution >= 0.6 is 11.3 Å². The van der Waals surface area contributed by atoms with Crippen molar-refractivity contribution < 1.29 is 9.53 Å². The lowest BCUT2D eigenvalue weighted by Crippen LogP contribution is -2.28. The van der Waals surface area contributed by atoms with Crippen molar-refractivity contribution in [2.24, 2.45) is 0 Å². The van der Waals surface area contributed by atoms with E-state index >= 15 is 0 Å². The minimum Gasteiger partial charge on any atom is -0.497 e. The van der Waals surface area contributed by atoms with Crippen LogP contribution in [0.4, 0.5) is 0 Å². The van der Waals surface area contributed by atoms with Crippen LogP contribution in [0.2, 0.25) is 0 Å². The molecule has 1 amide bonds. The topological polar surface area (TPSA) is 79.0 Å². The molecule has 0 unspecified atom stereocenters. The molecule has 0 spiro atoms. The summed E-state index contributed by atoms with van der Waals surface area (Å²) < 4.78 is 5.19. The normalized spacial score (nSPS) is 13.3. The standard InChI is InChI=1S/C19H20N4O2S/c1-25-13-4-2-12(3-5-13)17-7-6-14(26-17)10-21-19(24)18-15-11-20-9-8-16(15)22-23-18/h2-7,20H,8-11H2,1H3,(H,21,24)(H,22,23). The van der Waals surface area contributed by atoms with Crippen molar-refractivity contribution in [3.8, 4) is 16.2 Å². The van der Waals surface area contributed by atoms with Crippen molar-refractivity contribution in [2.75, 3.05) is 13.7 Å². The highest BCUT2D eigenvalue weighted by Gasteiger charge is 2.21. The van der Waals surface area contributed by atoms with Crippen molar-refractivity contribution in [3.05, 3.63) is 58.2 Å². The Morgan fingerprint density at radius 3 is 2.92 bits per heavy atom. The fourth-order valence-corrected chi connectivity index (χ4v) is 4.00. The third-order valence-electron chi connectivity index (χ3n) is 4.48. The lowest BCUT2D eigenvalue weighted by molar-refractivity contribution is 0.0945. The van der Waals surface area contributed by atoms with Crippen LogP contribution in [0, 0.1) is 0 Å². The molecule has 3 N–H and O–H groups in total. The van der Waals surface area contributed by atoms with Crippen LogP contribution < -0.4 is 15.4 Å². The molecule has 26 heavy (non-hydrogen) atoms. The summed E-state index contributed by atoms with van der Waals surface area (Å²) in [4.78, 5) is 14.7. The van der Waals surface area contributed by atoms with E-state index < -0.39 is 0 Å². The Labute approximate surface area is 155 Å².